The number of nitrogens with zero attached hydrogens (tertiary/aromatic N) is 3. The lowest BCUT2D eigenvalue weighted by Crippen LogP contribution is -2.34. The third-order valence-electron chi connectivity index (χ3n) is 4.91. The Morgan fingerprint density at radius 2 is 1.87 bits per heavy atom. The molecule has 0 atom stereocenters. The summed E-state index contributed by atoms with van der Waals surface area (Å²) in [5.41, 5.74) is 3.55. The molecule has 0 spiro atoms. The zero-order chi connectivity index (χ0) is 15.5. The number of rotatable bonds is 4. The van der Waals surface area contributed by atoms with Gasteiger partial charge in [0.25, 0.3) is 0 Å². The van der Waals surface area contributed by atoms with E-state index >= 15 is 0 Å². The van der Waals surface area contributed by atoms with Crippen molar-refractivity contribution in [2.24, 2.45) is 0 Å². The van der Waals surface area contributed by atoms with Gasteiger partial charge in [-0.25, -0.2) is 4.98 Å². The van der Waals surface area contributed by atoms with Gasteiger partial charge in [0.15, 0.2) is 5.65 Å². The van der Waals surface area contributed by atoms with Crippen LogP contribution in [-0.4, -0.2) is 39.7 Å². The van der Waals surface area contributed by atoms with Crippen LogP contribution in [-0.2, 0) is 6.42 Å². The van der Waals surface area contributed by atoms with Crippen molar-refractivity contribution in [1.82, 2.24) is 20.1 Å². The molecule has 1 aromatic carbocycles. The second-order valence-corrected chi connectivity index (χ2v) is 6.36. The van der Waals surface area contributed by atoms with Crippen LogP contribution >= 0.6 is 0 Å². The first kappa shape index (κ1) is 14.4. The van der Waals surface area contributed by atoms with Crippen molar-refractivity contribution in [2.45, 2.75) is 25.2 Å². The van der Waals surface area contributed by atoms with Crippen LogP contribution in [0, 0.1) is 0 Å². The van der Waals surface area contributed by atoms with Gasteiger partial charge in [0.2, 0.25) is 0 Å². The maximum atomic E-state index is 4.34. The van der Waals surface area contributed by atoms with Gasteiger partial charge in [-0.05, 0) is 50.0 Å². The molecule has 1 aliphatic heterocycles. The highest BCUT2D eigenvalue weighted by Gasteiger charge is 2.23. The van der Waals surface area contributed by atoms with Gasteiger partial charge in [0.1, 0.15) is 0 Å². The summed E-state index contributed by atoms with van der Waals surface area (Å²) in [6.45, 7) is 3.48. The molecule has 3 heterocycles. The number of likely N-dealkylation sites (tertiary alicyclic amines) is 1. The predicted molar refractivity (Wildman–Crippen MR) is 92.4 cm³/mol. The molecule has 0 aliphatic carbocycles. The molecule has 4 nitrogen and oxygen atoms in total. The quantitative estimate of drug-likeness (QED) is 0.803. The van der Waals surface area contributed by atoms with Crippen LogP contribution in [0.1, 0.15) is 30.0 Å². The Morgan fingerprint density at radius 3 is 2.70 bits per heavy atom. The number of benzene rings is 1. The molecule has 1 aliphatic rings. The van der Waals surface area contributed by atoms with Crippen molar-refractivity contribution < 1.29 is 0 Å². The lowest BCUT2D eigenvalue weighted by atomic mass is 9.92. The van der Waals surface area contributed by atoms with Crippen LogP contribution in [0.3, 0.4) is 0 Å². The lowest BCUT2D eigenvalue weighted by molar-refractivity contribution is 0.213. The van der Waals surface area contributed by atoms with Crippen LogP contribution in [0.2, 0.25) is 0 Å². The van der Waals surface area contributed by atoms with Gasteiger partial charge in [0.05, 0.1) is 0 Å². The maximum Gasteiger partial charge on any atom is 0.181 e. The summed E-state index contributed by atoms with van der Waals surface area (Å²) in [6, 6.07) is 14.9. The van der Waals surface area contributed by atoms with E-state index in [2.05, 4.69) is 56.5 Å². The minimum absolute atomic E-state index is 0.581. The number of nitrogens with one attached hydrogen (secondary N) is 1. The standard InChI is InChI=1S/C19H22N4/c1-2-5-15(6-3-1)8-12-23-13-9-16(10-14-23)18-17-7-4-11-20-19(17)22-21-18/h1-7,11,16H,8-10,12-14H2,(H,20,21,22). The van der Waals surface area contributed by atoms with Crippen molar-refractivity contribution in [1.29, 1.82) is 0 Å². The first-order valence-corrected chi connectivity index (χ1v) is 8.45. The van der Waals surface area contributed by atoms with E-state index in [-0.39, 0.29) is 0 Å². The van der Waals surface area contributed by atoms with Crippen molar-refractivity contribution in [3.05, 3.63) is 59.9 Å². The van der Waals surface area contributed by atoms with Gasteiger partial charge < -0.3 is 4.90 Å². The summed E-state index contributed by atoms with van der Waals surface area (Å²) in [4.78, 5) is 6.91. The average molecular weight is 306 g/mol. The topological polar surface area (TPSA) is 44.8 Å². The van der Waals surface area contributed by atoms with Crippen molar-refractivity contribution in [2.75, 3.05) is 19.6 Å². The van der Waals surface area contributed by atoms with Crippen molar-refractivity contribution >= 4 is 11.0 Å². The Morgan fingerprint density at radius 1 is 1.04 bits per heavy atom. The molecule has 0 amide bonds. The van der Waals surface area contributed by atoms with E-state index in [0.717, 1.165) is 31.7 Å². The SMILES string of the molecule is c1ccc(CCN2CCC(c3[nH]nc4ncccc34)CC2)cc1. The van der Waals surface area contributed by atoms with Crippen LogP contribution in [0.25, 0.3) is 11.0 Å². The van der Waals surface area contributed by atoms with Crippen LogP contribution in [0.15, 0.2) is 48.7 Å². The summed E-state index contributed by atoms with van der Waals surface area (Å²) in [5.74, 6) is 0.581. The number of aromatic amines is 1. The molecular weight excluding hydrogens is 284 g/mol. The summed E-state index contributed by atoms with van der Waals surface area (Å²) < 4.78 is 0. The first-order chi connectivity index (χ1) is 11.4. The van der Waals surface area contributed by atoms with Gasteiger partial charge in [-0.1, -0.05) is 30.3 Å². The summed E-state index contributed by atoms with van der Waals surface area (Å²) >= 11 is 0. The molecule has 0 unspecified atom stereocenters. The fraction of sp³-hybridized carbons (Fsp3) is 0.368. The Hall–Kier alpha value is -2.20. The third kappa shape index (κ3) is 3.13. The molecule has 4 heteroatoms. The number of hydrogen-bond acceptors (Lipinski definition) is 3. The maximum absolute atomic E-state index is 4.34. The Bertz CT molecular complexity index is 757. The van der Waals surface area contributed by atoms with E-state index in [1.54, 1.807) is 6.20 Å². The van der Waals surface area contributed by atoms with Crippen LogP contribution in [0.5, 0.6) is 0 Å². The molecule has 0 bridgehead atoms. The van der Waals surface area contributed by atoms with Gasteiger partial charge >= 0.3 is 0 Å². The minimum atomic E-state index is 0.581. The zero-order valence-electron chi connectivity index (χ0n) is 13.3. The van der Waals surface area contributed by atoms with Crippen LogP contribution < -0.4 is 0 Å². The molecule has 0 saturated carbocycles. The highest BCUT2D eigenvalue weighted by Crippen LogP contribution is 2.30. The van der Waals surface area contributed by atoms with Crippen molar-refractivity contribution in [3.8, 4) is 0 Å². The number of aromatic nitrogens is 3. The molecule has 118 valence electrons. The van der Waals surface area contributed by atoms with Crippen molar-refractivity contribution in [3.63, 3.8) is 0 Å². The largest absolute Gasteiger partial charge is 0.303 e. The van der Waals surface area contributed by atoms with E-state index in [1.165, 1.54) is 29.5 Å². The lowest BCUT2D eigenvalue weighted by Gasteiger charge is -2.31. The molecule has 1 N–H and O–H groups in total. The first-order valence-electron chi connectivity index (χ1n) is 8.45. The molecular formula is C19H22N4. The van der Waals surface area contributed by atoms with Gasteiger partial charge in [0, 0.05) is 29.7 Å². The Labute approximate surface area is 136 Å². The number of piperidine rings is 1. The molecule has 1 saturated heterocycles. The Balaban J connectivity index is 1.36. The summed E-state index contributed by atoms with van der Waals surface area (Å²) in [6.07, 6.45) is 5.34. The monoisotopic (exact) mass is 306 g/mol. The number of pyridine rings is 1. The average Bonchev–Trinajstić information content (AvgIpc) is 3.05. The fourth-order valence-corrected chi connectivity index (χ4v) is 3.56. The highest BCUT2D eigenvalue weighted by molar-refractivity contribution is 5.77. The normalized spacial score (nSPS) is 16.9. The number of H-pyrrole nitrogens is 1. The molecule has 3 aromatic rings. The van der Waals surface area contributed by atoms with Crippen LogP contribution in [0.4, 0.5) is 0 Å². The van der Waals surface area contributed by atoms with Gasteiger partial charge in [-0.3, -0.25) is 5.10 Å². The molecule has 1 fully saturated rings. The van der Waals surface area contributed by atoms with E-state index in [0.29, 0.717) is 5.92 Å². The van der Waals surface area contributed by atoms with Gasteiger partial charge in [-0.15, -0.1) is 0 Å². The smallest absolute Gasteiger partial charge is 0.181 e. The predicted octanol–water partition coefficient (Wildman–Crippen LogP) is 3.38. The second-order valence-electron chi connectivity index (χ2n) is 6.36. The van der Waals surface area contributed by atoms with E-state index in [9.17, 15) is 0 Å². The Kier molecular flexibility index (Phi) is 4.07. The minimum Gasteiger partial charge on any atom is -0.303 e. The number of fused-ring (bicyclic) bond motifs is 1. The zero-order valence-corrected chi connectivity index (χ0v) is 13.3. The fourth-order valence-electron chi connectivity index (χ4n) is 3.56. The van der Waals surface area contributed by atoms with E-state index in [4.69, 9.17) is 0 Å². The molecule has 0 radical (unpaired) electrons. The molecule has 23 heavy (non-hydrogen) atoms. The summed E-state index contributed by atoms with van der Waals surface area (Å²) in [5, 5.41) is 8.75. The van der Waals surface area contributed by atoms with E-state index in [1.807, 2.05) is 6.07 Å². The second kappa shape index (κ2) is 6.50. The van der Waals surface area contributed by atoms with Gasteiger partial charge in [-0.2, -0.15) is 5.10 Å². The highest BCUT2D eigenvalue weighted by atomic mass is 15.2. The third-order valence-corrected chi connectivity index (χ3v) is 4.91. The summed E-state index contributed by atoms with van der Waals surface area (Å²) in [7, 11) is 0. The number of hydrogen-bond donors (Lipinski definition) is 1. The van der Waals surface area contributed by atoms with E-state index < -0.39 is 0 Å². The molecule has 2 aromatic heterocycles. The molecule has 4 rings (SSSR count).